The van der Waals surface area contributed by atoms with Gasteiger partial charge < -0.3 is 14.7 Å². The van der Waals surface area contributed by atoms with Crippen LogP contribution >= 0.6 is 11.6 Å². The molecular formula is C11H12ClNO2. The minimum Gasteiger partial charge on any atom is -0.496 e. The minimum atomic E-state index is -0.851. The molecule has 1 unspecified atom stereocenters. The Balaban J connectivity index is 3.16. The summed E-state index contributed by atoms with van der Waals surface area (Å²) < 4.78 is 5.13. The second-order valence-corrected chi connectivity index (χ2v) is 3.61. The van der Waals surface area contributed by atoms with E-state index < -0.39 is 6.10 Å². The number of aryl methyl sites for hydroxylation is 1. The molecule has 4 heteroatoms. The lowest BCUT2D eigenvalue weighted by atomic mass is 10.1. The third-order valence-corrected chi connectivity index (χ3v) is 2.54. The summed E-state index contributed by atoms with van der Waals surface area (Å²) in [7, 11) is 1.52. The number of benzene rings is 1. The van der Waals surface area contributed by atoms with E-state index in [2.05, 4.69) is 4.85 Å². The summed E-state index contributed by atoms with van der Waals surface area (Å²) in [6, 6.07) is 3.40. The molecule has 1 rings (SSSR count). The third kappa shape index (κ3) is 2.62. The van der Waals surface area contributed by atoms with Gasteiger partial charge in [0, 0.05) is 10.6 Å². The van der Waals surface area contributed by atoms with Crippen molar-refractivity contribution in [3.05, 3.63) is 39.7 Å². The molecule has 1 atom stereocenters. The van der Waals surface area contributed by atoms with Crippen LogP contribution in [0.25, 0.3) is 4.85 Å². The van der Waals surface area contributed by atoms with Gasteiger partial charge in [-0.05, 0) is 24.6 Å². The first-order valence-corrected chi connectivity index (χ1v) is 4.83. The van der Waals surface area contributed by atoms with Crippen LogP contribution in [0.5, 0.6) is 5.75 Å². The second kappa shape index (κ2) is 5.01. The fourth-order valence-corrected chi connectivity index (χ4v) is 1.46. The number of rotatable bonds is 3. The Morgan fingerprint density at radius 2 is 2.27 bits per heavy atom. The van der Waals surface area contributed by atoms with Crippen molar-refractivity contribution in [1.29, 1.82) is 0 Å². The van der Waals surface area contributed by atoms with Crippen LogP contribution in [0, 0.1) is 13.5 Å². The molecule has 3 nitrogen and oxygen atoms in total. The van der Waals surface area contributed by atoms with E-state index in [1.54, 1.807) is 12.1 Å². The Kier molecular flexibility index (Phi) is 3.96. The number of hydrogen-bond acceptors (Lipinski definition) is 2. The van der Waals surface area contributed by atoms with Crippen LogP contribution < -0.4 is 4.74 Å². The molecule has 1 aromatic rings. The lowest BCUT2D eigenvalue weighted by molar-refractivity contribution is 0.190. The van der Waals surface area contributed by atoms with Crippen LogP contribution in [0.1, 0.15) is 17.2 Å². The average molecular weight is 226 g/mol. The summed E-state index contributed by atoms with van der Waals surface area (Å²) in [5.41, 5.74) is 1.44. The van der Waals surface area contributed by atoms with Gasteiger partial charge in [0.25, 0.3) is 0 Å². The zero-order valence-corrected chi connectivity index (χ0v) is 9.38. The lowest BCUT2D eigenvalue weighted by Crippen LogP contribution is -2.03. The van der Waals surface area contributed by atoms with Crippen molar-refractivity contribution in [3.8, 4) is 5.75 Å². The van der Waals surface area contributed by atoms with Crippen molar-refractivity contribution < 1.29 is 9.84 Å². The fourth-order valence-electron chi connectivity index (χ4n) is 1.29. The molecule has 80 valence electrons. The van der Waals surface area contributed by atoms with Gasteiger partial charge in [-0.2, -0.15) is 0 Å². The smallest absolute Gasteiger partial charge is 0.244 e. The van der Waals surface area contributed by atoms with Gasteiger partial charge in [-0.15, -0.1) is 0 Å². The minimum absolute atomic E-state index is 0.00967. The SMILES string of the molecule is [C-]#[N+]CC(O)c1cc(Cl)c(C)cc1OC. The highest BCUT2D eigenvalue weighted by Crippen LogP contribution is 2.31. The van der Waals surface area contributed by atoms with Gasteiger partial charge in [0.2, 0.25) is 6.54 Å². The van der Waals surface area contributed by atoms with E-state index in [0.29, 0.717) is 16.3 Å². The first kappa shape index (κ1) is 11.8. The molecule has 0 spiro atoms. The van der Waals surface area contributed by atoms with Crippen LogP contribution in [0.2, 0.25) is 5.02 Å². The average Bonchev–Trinajstić information content (AvgIpc) is 2.21. The Morgan fingerprint density at radius 1 is 1.60 bits per heavy atom. The lowest BCUT2D eigenvalue weighted by Gasteiger charge is -2.12. The molecule has 15 heavy (non-hydrogen) atoms. The van der Waals surface area contributed by atoms with Gasteiger partial charge in [0.15, 0.2) is 6.10 Å². The van der Waals surface area contributed by atoms with Gasteiger partial charge in [0.05, 0.1) is 7.11 Å². The van der Waals surface area contributed by atoms with Crippen LogP contribution in [0.3, 0.4) is 0 Å². The molecule has 0 heterocycles. The molecule has 0 radical (unpaired) electrons. The molecule has 0 fully saturated rings. The standard InChI is InChI=1S/C11H12ClNO2/c1-7-4-11(15-3)8(5-9(7)12)10(14)6-13-2/h4-5,10,14H,6H2,1,3H3. The number of aliphatic hydroxyl groups excluding tert-OH is 1. The number of nitrogens with zero attached hydrogens (tertiary/aromatic N) is 1. The number of ether oxygens (including phenoxy) is 1. The Hall–Kier alpha value is -1.24. The van der Waals surface area contributed by atoms with Crippen LogP contribution in [0.4, 0.5) is 0 Å². The van der Waals surface area contributed by atoms with E-state index in [1.807, 2.05) is 6.92 Å². The van der Waals surface area contributed by atoms with Crippen molar-refractivity contribution in [1.82, 2.24) is 0 Å². The van der Waals surface area contributed by atoms with Gasteiger partial charge >= 0.3 is 0 Å². The molecular weight excluding hydrogens is 214 g/mol. The van der Waals surface area contributed by atoms with Crippen molar-refractivity contribution in [2.75, 3.05) is 13.7 Å². The van der Waals surface area contributed by atoms with Crippen molar-refractivity contribution in [2.45, 2.75) is 13.0 Å². The van der Waals surface area contributed by atoms with E-state index in [-0.39, 0.29) is 6.54 Å². The topological polar surface area (TPSA) is 33.8 Å². The maximum atomic E-state index is 9.70. The zero-order chi connectivity index (χ0) is 11.4. The van der Waals surface area contributed by atoms with E-state index >= 15 is 0 Å². The molecule has 0 bridgehead atoms. The van der Waals surface area contributed by atoms with Crippen LogP contribution in [-0.2, 0) is 0 Å². The molecule has 0 aromatic heterocycles. The van der Waals surface area contributed by atoms with Crippen molar-refractivity contribution in [2.24, 2.45) is 0 Å². The van der Waals surface area contributed by atoms with Crippen LogP contribution in [-0.4, -0.2) is 18.8 Å². The summed E-state index contributed by atoms with van der Waals surface area (Å²) in [5.74, 6) is 0.563. The first-order valence-electron chi connectivity index (χ1n) is 4.45. The molecule has 0 saturated carbocycles. The fraction of sp³-hybridized carbons (Fsp3) is 0.364. The van der Waals surface area contributed by atoms with Crippen molar-refractivity contribution >= 4 is 11.6 Å². The summed E-state index contributed by atoms with van der Waals surface area (Å²) >= 11 is 5.94. The van der Waals surface area contributed by atoms with Crippen LogP contribution in [0.15, 0.2) is 12.1 Å². The second-order valence-electron chi connectivity index (χ2n) is 3.20. The Morgan fingerprint density at radius 3 is 2.80 bits per heavy atom. The highest BCUT2D eigenvalue weighted by molar-refractivity contribution is 6.31. The molecule has 0 saturated heterocycles. The maximum Gasteiger partial charge on any atom is 0.244 e. The zero-order valence-electron chi connectivity index (χ0n) is 8.62. The quantitative estimate of drug-likeness (QED) is 0.803. The molecule has 0 aliphatic rings. The van der Waals surface area contributed by atoms with Gasteiger partial charge in [-0.3, -0.25) is 0 Å². The number of hydrogen-bond donors (Lipinski definition) is 1. The number of aliphatic hydroxyl groups is 1. The number of halogens is 1. The first-order chi connectivity index (χ1) is 7.10. The summed E-state index contributed by atoms with van der Waals surface area (Å²) in [6.07, 6.45) is -0.851. The summed E-state index contributed by atoms with van der Waals surface area (Å²) in [4.78, 5) is 3.14. The number of methoxy groups -OCH3 is 1. The predicted octanol–water partition coefficient (Wildman–Crippen LogP) is 2.61. The van der Waals surface area contributed by atoms with E-state index in [4.69, 9.17) is 22.9 Å². The maximum absolute atomic E-state index is 9.70. The highest BCUT2D eigenvalue weighted by Gasteiger charge is 2.17. The largest absolute Gasteiger partial charge is 0.496 e. The van der Waals surface area contributed by atoms with E-state index in [0.717, 1.165) is 5.56 Å². The highest BCUT2D eigenvalue weighted by atomic mass is 35.5. The molecule has 0 aliphatic heterocycles. The summed E-state index contributed by atoms with van der Waals surface area (Å²) in [5, 5.41) is 10.3. The van der Waals surface area contributed by atoms with Gasteiger partial charge in [0.1, 0.15) is 5.75 Å². The molecule has 0 aliphatic carbocycles. The molecule has 1 N–H and O–H groups in total. The van der Waals surface area contributed by atoms with Crippen molar-refractivity contribution in [3.63, 3.8) is 0 Å². The Labute approximate surface area is 94.1 Å². The molecule has 1 aromatic carbocycles. The van der Waals surface area contributed by atoms with E-state index in [9.17, 15) is 5.11 Å². The summed E-state index contributed by atoms with van der Waals surface area (Å²) in [6.45, 7) is 8.56. The monoisotopic (exact) mass is 225 g/mol. The van der Waals surface area contributed by atoms with Gasteiger partial charge in [-0.1, -0.05) is 11.6 Å². The Bertz CT molecular complexity index is 398. The normalized spacial score (nSPS) is 11.9. The predicted molar refractivity (Wildman–Crippen MR) is 59.2 cm³/mol. The molecule has 0 amide bonds. The van der Waals surface area contributed by atoms with E-state index in [1.165, 1.54) is 7.11 Å². The van der Waals surface area contributed by atoms with Gasteiger partial charge in [-0.25, -0.2) is 6.57 Å². The third-order valence-electron chi connectivity index (χ3n) is 2.13.